The first kappa shape index (κ1) is 18.6. The van der Waals surface area contributed by atoms with Crippen molar-refractivity contribution in [2.45, 2.75) is 26.7 Å². The molecule has 28 heavy (non-hydrogen) atoms. The second kappa shape index (κ2) is 8.06. The van der Waals surface area contributed by atoms with Crippen LogP contribution in [0.15, 0.2) is 42.2 Å². The molecule has 4 rings (SSSR count). The summed E-state index contributed by atoms with van der Waals surface area (Å²) < 4.78 is 0. The highest BCUT2D eigenvalue weighted by atomic mass is 32.1. The lowest BCUT2D eigenvalue weighted by Gasteiger charge is -2.31. The number of aromatic nitrogens is 3. The summed E-state index contributed by atoms with van der Waals surface area (Å²) in [4.78, 5) is 27.9. The van der Waals surface area contributed by atoms with Crippen molar-refractivity contribution < 1.29 is 4.79 Å². The second-order valence-electron chi connectivity index (χ2n) is 7.17. The topological polar surface area (TPSA) is 71.0 Å². The Labute approximate surface area is 168 Å². The van der Waals surface area contributed by atoms with E-state index in [1.165, 1.54) is 22.5 Å². The van der Waals surface area contributed by atoms with Crippen molar-refractivity contribution in [3.63, 3.8) is 0 Å². The van der Waals surface area contributed by atoms with Crippen LogP contribution in [0, 0.1) is 19.8 Å². The molecule has 3 heterocycles. The molecule has 2 aromatic heterocycles. The predicted octanol–water partition coefficient (Wildman–Crippen LogP) is 4.07. The van der Waals surface area contributed by atoms with Gasteiger partial charge in [0.25, 0.3) is 0 Å². The molecule has 1 aliphatic heterocycles. The summed E-state index contributed by atoms with van der Waals surface area (Å²) in [6.45, 7) is 5.79. The Bertz CT molecular complexity index is 964. The molecule has 0 bridgehead atoms. The fourth-order valence-electron chi connectivity index (χ4n) is 3.59. The van der Waals surface area contributed by atoms with Gasteiger partial charge in [-0.3, -0.25) is 9.78 Å². The second-order valence-corrected chi connectivity index (χ2v) is 8.03. The highest BCUT2D eigenvalue weighted by Gasteiger charge is 2.26. The van der Waals surface area contributed by atoms with E-state index in [0.717, 1.165) is 43.0 Å². The van der Waals surface area contributed by atoms with Gasteiger partial charge in [0.05, 0.1) is 11.9 Å². The van der Waals surface area contributed by atoms with E-state index in [9.17, 15) is 4.79 Å². The Balaban J connectivity index is 1.36. The number of rotatable bonds is 4. The maximum absolute atomic E-state index is 12.7. The number of piperidine rings is 1. The smallest absolute Gasteiger partial charge is 0.229 e. The van der Waals surface area contributed by atoms with Gasteiger partial charge >= 0.3 is 0 Å². The number of thiazole rings is 1. The number of aryl methyl sites for hydroxylation is 2. The minimum absolute atomic E-state index is 0.00128. The van der Waals surface area contributed by atoms with Crippen LogP contribution >= 0.6 is 11.3 Å². The van der Waals surface area contributed by atoms with Crippen molar-refractivity contribution in [2.24, 2.45) is 5.92 Å². The van der Waals surface area contributed by atoms with Crippen LogP contribution in [-0.2, 0) is 4.79 Å². The fourth-order valence-corrected chi connectivity index (χ4v) is 4.30. The Morgan fingerprint density at radius 1 is 1.21 bits per heavy atom. The van der Waals surface area contributed by atoms with Crippen molar-refractivity contribution in [1.29, 1.82) is 0 Å². The lowest BCUT2D eigenvalue weighted by Crippen LogP contribution is -2.38. The number of nitrogens with one attached hydrogen (secondary N) is 1. The zero-order valence-electron chi connectivity index (χ0n) is 16.1. The zero-order valence-corrected chi connectivity index (χ0v) is 16.9. The summed E-state index contributed by atoms with van der Waals surface area (Å²) in [5.74, 6) is 0.932. The Hall–Kier alpha value is -2.80. The molecular weight excluding hydrogens is 370 g/mol. The molecule has 1 N–H and O–H groups in total. The summed E-state index contributed by atoms with van der Waals surface area (Å²) in [7, 11) is 0. The van der Waals surface area contributed by atoms with E-state index < -0.39 is 0 Å². The number of hydrogen-bond donors (Lipinski definition) is 1. The first-order valence-corrected chi connectivity index (χ1v) is 10.3. The van der Waals surface area contributed by atoms with E-state index in [1.54, 1.807) is 18.6 Å². The van der Waals surface area contributed by atoms with Gasteiger partial charge in [-0.15, -0.1) is 11.3 Å². The van der Waals surface area contributed by atoms with Crippen molar-refractivity contribution in [3.05, 3.63) is 53.3 Å². The van der Waals surface area contributed by atoms with Gasteiger partial charge in [-0.05, 0) is 32.3 Å². The number of nitrogens with zero attached hydrogens (tertiary/aromatic N) is 4. The molecule has 1 aliphatic rings. The molecule has 0 saturated carbocycles. The van der Waals surface area contributed by atoms with Crippen LogP contribution in [-0.4, -0.2) is 33.9 Å². The van der Waals surface area contributed by atoms with Crippen LogP contribution in [0.3, 0.4) is 0 Å². The van der Waals surface area contributed by atoms with E-state index in [0.29, 0.717) is 5.13 Å². The zero-order chi connectivity index (χ0) is 19.5. The maximum atomic E-state index is 12.7. The van der Waals surface area contributed by atoms with E-state index in [-0.39, 0.29) is 11.8 Å². The summed E-state index contributed by atoms with van der Waals surface area (Å²) >= 11 is 1.48. The highest BCUT2D eigenvalue weighted by Crippen LogP contribution is 2.29. The standard InChI is InChI=1S/C21H23N5OS/c1-14-3-4-17(15(2)11-14)18-13-28-21(24-18)25-20(27)16-5-9-26(10-6-16)19-12-22-7-8-23-19/h3-4,7-8,11-13,16H,5-6,9-10H2,1-2H3,(H,24,25,27). The van der Waals surface area contributed by atoms with Crippen molar-refractivity contribution in [1.82, 2.24) is 15.0 Å². The van der Waals surface area contributed by atoms with Gasteiger partial charge in [-0.2, -0.15) is 0 Å². The third kappa shape index (κ3) is 4.04. The minimum atomic E-state index is 0.00128. The van der Waals surface area contributed by atoms with Crippen molar-refractivity contribution >= 4 is 28.2 Å². The van der Waals surface area contributed by atoms with Gasteiger partial charge in [0, 0.05) is 42.3 Å². The quantitative estimate of drug-likeness (QED) is 0.723. The minimum Gasteiger partial charge on any atom is -0.355 e. The van der Waals surface area contributed by atoms with Crippen LogP contribution in [0.4, 0.5) is 10.9 Å². The van der Waals surface area contributed by atoms with Crippen LogP contribution in [0.1, 0.15) is 24.0 Å². The molecule has 0 radical (unpaired) electrons. The van der Waals surface area contributed by atoms with Gasteiger partial charge in [0.15, 0.2) is 5.13 Å². The first-order valence-electron chi connectivity index (χ1n) is 9.45. The molecule has 1 aromatic carbocycles. The molecule has 0 aliphatic carbocycles. The number of anilines is 2. The number of amides is 1. The van der Waals surface area contributed by atoms with E-state index in [2.05, 4.69) is 57.2 Å². The van der Waals surface area contributed by atoms with Gasteiger partial charge in [0.2, 0.25) is 5.91 Å². The first-order chi connectivity index (χ1) is 13.6. The summed E-state index contributed by atoms with van der Waals surface area (Å²) in [6.07, 6.45) is 6.74. The monoisotopic (exact) mass is 393 g/mol. The number of carbonyl (C=O) groups excluding carboxylic acids is 1. The van der Waals surface area contributed by atoms with Crippen molar-refractivity contribution in [2.75, 3.05) is 23.3 Å². The molecule has 0 unspecified atom stereocenters. The largest absolute Gasteiger partial charge is 0.355 e. The average Bonchev–Trinajstić information content (AvgIpc) is 3.17. The van der Waals surface area contributed by atoms with Crippen molar-refractivity contribution in [3.8, 4) is 11.3 Å². The molecule has 1 amide bonds. The number of benzene rings is 1. The van der Waals surface area contributed by atoms with E-state index in [1.807, 2.05) is 5.38 Å². The third-order valence-electron chi connectivity index (χ3n) is 5.13. The molecule has 0 spiro atoms. The molecular formula is C21H23N5OS. The fraction of sp³-hybridized carbons (Fsp3) is 0.333. The van der Waals surface area contributed by atoms with Gasteiger partial charge in [0.1, 0.15) is 5.82 Å². The number of hydrogen-bond acceptors (Lipinski definition) is 6. The Morgan fingerprint density at radius 2 is 2.04 bits per heavy atom. The van der Waals surface area contributed by atoms with E-state index >= 15 is 0 Å². The summed E-state index contributed by atoms with van der Waals surface area (Å²) in [5.41, 5.74) is 4.45. The molecule has 1 saturated heterocycles. The van der Waals surface area contributed by atoms with Gasteiger partial charge < -0.3 is 10.2 Å². The third-order valence-corrected chi connectivity index (χ3v) is 5.89. The predicted molar refractivity (Wildman–Crippen MR) is 113 cm³/mol. The highest BCUT2D eigenvalue weighted by molar-refractivity contribution is 7.14. The van der Waals surface area contributed by atoms with Gasteiger partial charge in [-0.25, -0.2) is 9.97 Å². The lowest BCUT2D eigenvalue weighted by molar-refractivity contribution is -0.120. The van der Waals surface area contributed by atoms with Crippen LogP contribution in [0.2, 0.25) is 0 Å². The molecule has 144 valence electrons. The Kier molecular flexibility index (Phi) is 5.34. The normalized spacial score (nSPS) is 14.9. The van der Waals surface area contributed by atoms with Crippen LogP contribution in [0.5, 0.6) is 0 Å². The van der Waals surface area contributed by atoms with Crippen LogP contribution in [0.25, 0.3) is 11.3 Å². The SMILES string of the molecule is Cc1ccc(-c2csc(NC(=O)C3CCN(c4cnccn4)CC3)n2)c(C)c1. The lowest BCUT2D eigenvalue weighted by atomic mass is 9.96. The molecule has 6 nitrogen and oxygen atoms in total. The maximum Gasteiger partial charge on any atom is 0.229 e. The van der Waals surface area contributed by atoms with E-state index in [4.69, 9.17) is 0 Å². The summed E-state index contributed by atoms with van der Waals surface area (Å²) in [5, 5.41) is 5.68. The Morgan fingerprint density at radius 3 is 2.75 bits per heavy atom. The van der Waals surface area contributed by atoms with Crippen LogP contribution < -0.4 is 10.2 Å². The molecule has 7 heteroatoms. The van der Waals surface area contributed by atoms with Gasteiger partial charge in [-0.1, -0.05) is 23.8 Å². The molecule has 3 aromatic rings. The molecule has 0 atom stereocenters. The summed E-state index contributed by atoms with van der Waals surface area (Å²) in [6, 6.07) is 6.33. The number of carbonyl (C=O) groups is 1. The average molecular weight is 394 g/mol. The molecule has 1 fully saturated rings.